The Kier molecular flexibility index (Phi) is 5.20. The number of fused-ring (bicyclic) bond motifs is 1. The number of carbonyl (C=O) groups is 1. The largest absolute Gasteiger partial charge is 0.378 e. The first-order valence-corrected chi connectivity index (χ1v) is 11.0. The lowest BCUT2D eigenvalue weighted by atomic mass is 9.99. The lowest BCUT2D eigenvalue weighted by molar-refractivity contribution is 0.122. The molecule has 2 aromatic heterocycles. The van der Waals surface area contributed by atoms with Crippen LogP contribution >= 0.6 is 0 Å². The van der Waals surface area contributed by atoms with Crippen LogP contribution in [-0.2, 0) is 11.2 Å². The Morgan fingerprint density at radius 3 is 2.62 bits per heavy atom. The van der Waals surface area contributed by atoms with E-state index in [1.807, 2.05) is 4.90 Å². The number of rotatable bonds is 3. The van der Waals surface area contributed by atoms with Crippen LogP contribution in [0.5, 0.6) is 0 Å². The molecule has 5 heterocycles. The molecule has 32 heavy (non-hydrogen) atoms. The minimum atomic E-state index is -0.191. The van der Waals surface area contributed by atoms with E-state index in [1.54, 1.807) is 19.4 Å². The Balaban J connectivity index is 1.56. The summed E-state index contributed by atoms with van der Waals surface area (Å²) in [6.07, 6.45) is 5.16. The van der Waals surface area contributed by atoms with Gasteiger partial charge in [0.1, 0.15) is 5.82 Å². The Morgan fingerprint density at radius 2 is 1.91 bits per heavy atom. The monoisotopic (exact) mass is 439 g/mol. The molecule has 0 unspecified atom stereocenters. The fraction of sp³-hybridized carbons (Fsp3) is 0.571. The van der Waals surface area contributed by atoms with Crippen molar-refractivity contribution in [2.75, 3.05) is 68.5 Å². The number of hydrogen-bond acceptors (Lipinski definition) is 9. The standard InChI is InChI=1S/C21H29N9O2/c1-21(4-6-29(13-21)20(31)23-2)30-5-3-15-16(14-11-24-18(22)25-12-14)26-19(27-17(15)30)28-7-9-32-10-8-28/h11-12H,3-10,13H2,1-2H3,(H,23,31)(H2,22,24,25)/t21-/m0/s1. The number of nitrogens with two attached hydrogens (primary N) is 1. The maximum Gasteiger partial charge on any atom is 0.317 e. The average Bonchev–Trinajstić information content (AvgIpc) is 3.44. The fourth-order valence-electron chi connectivity index (χ4n) is 4.87. The molecule has 2 amide bonds. The van der Waals surface area contributed by atoms with Crippen molar-refractivity contribution in [3.05, 3.63) is 18.0 Å². The highest BCUT2D eigenvalue weighted by Gasteiger charge is 2.44. The second-order valence-corrected chi connectivity index (χ2v) is 8.73. The predicted octanol–water partition coefficient (Wildman–Crippen LogP) is 0.519. The van der Waals surface area contributed by atoms with Gasteiger partial charge < -0.3 is 30.5 Å². The highest BCUT2D eigenvalue weighted by atomic mass is 16.5. The molecule has 3 N–H and O–H groups in total. The van der Waals surface area contributed by atoms with Crippen molar-refractivity contribution in [1.82, 2.24) is 30.2 Å². The number of anilines is 3. The zero-order valence-electron chi connectivity index (χ0n) is 18.5. The number of aromatic nitrogens is 4. The van der Waals surface area contributed by atoms with E-state index in [0.717, 1.165) is 61.7 Å². The van der Waals surface area contributed by atoms with Gasteiger partial charge >= 0.3 is 6.03 Å². The Bertz CT molecular complexity index is 1010. The lowest BCUT2D eigenvalue weighted by Gasteiger charge is -2.37. The van der Waals surface area contributed by atoms with Gasteiger partial charge in [-0.15, -0.1) is 0 Å². The average molecular weight is 440 g/mol. The Labute approximate surface area is 187 Å². The van der Waals surface area contributed by atoms with Crippen molar-refractivity contribution in [2.45, 2.75) is 25.3 Å². The summed E-state index contributed by atoms with van der Waals surface area (Å²) in [6, 6.07) is -0.0375. The van der Waals surface area contributed by atoms with Crippen LogP contribution in [0.4, 0.5) is 22.5 Å². The first-order valence-electron chi connectivity index (χ1n) is 11.0. The SMILES string of the molecule is CNC(=O)N1CC[C@](C)(N2CCc3c(-c4cnc(N)nc4)nc(N4CCOCC4)nc32)C1. The van der Waals surface area contributed by atoms with Crippen molar-refractivity contribution < 1.29 is 9.53 Å². The molecule has 2 aromatic rings. The van der Waals surface area contributed by atoms with Gasteiger partial charge in [-0.05, 0) is 19.8 Å². The van der Waals surface area contributed by atoms with Crippen LogP contribution in [0.1, 0.15) is 18.9 Å². The molecule has 0 radical (unpaired) electrons. The first-order chi connectivity index (χ1) is 15.5. The topological polar surface area (TPSA) is 126 Å². The van der Waals surface area contributed by atoms with Crippen molar-refractivity contribution in [3.63, 3.8) is 0 Å². The summed E-state index contributed by atoms with van der Waals surface area (Å²) in [5.74, 6) is 1.87. The minimum absolute atomic E-state index is 0.0375. The van der Waals surface area contributed by atoms with Crippen LogP contribution in [0, 0.1) is 0 Å². The number of nitrogens with one attached hydrogen (secondary N) is 1. The third kappa shape index (κ3) is 3.56. The zero-order valence-corrected chi connectivity index (χ0v) is 18.5. The van der Waals surface area contributed by atoms with E-state index in [9.17, 15) is 4.79 Å². The number of amides is 2. The molecule has 170 valence electrons. The molecular weight excluding hydrogens is 410 g/mol. The molecule has 3 aliphatic heterocycles. The summed E-state index contributed by atoms with van der Waals surface area (Å²) in [7, 11) is 1.67. The normalized spacial score (nSPS) is 22.9. The summed E-state index contributed by atoms with van der Waals surface area (Å²) in [5, 5.41) is 2.74. The van der Waals surface area contributed by atoms with Crippen molar-refractivity contribution in [3.8, 4) is 11.3 Å². The van der Waals surface area contributed by atoms with Crippen LogP contribution in [0.15, 0.2) is 12.4 Å². The quantitative estimate of drug-likeness (QED) is 0.704. The molecule has 0 aliphatic carbocycles. The number of carbonyl (C=O) groups excluding carboxylic acids is 1. The van der Waals surface area contributed by atoms with Gasteiger partial charge in [0.15, 0.2) is 0 Å². The van der Waals surface area contributed by atoms with Crippen molar-refractivity contribution in [2.24, 2.45) is 0 Å². The molecule has 5 rings (SSSR count). The van der Waals surface area contributed by atoms with Gasteiger partial charge in [-0.3, -0.25) is 0 Å². The Hall–Kier alpha value is -3.21. The predicted molar refractivity (Wildman–Crippen MR) is 121 cm³/mol. The van der Waals surface area contributed by atoms with Crippen LogP contribution in [0.3, 0.4) is 0 Å². The molecule has 0 spiro atoms. The summed E-state index contributed by atoms with van der Waals surface area (Å²) < 4.78 is 5.52. The molecule has 0 aromatic carbocycles. The van der Waals surface area contributed by atoms with Gasteiger partial charge in [-0.25, -0.2) is 19.7 Å². The Morgan fingerprint density at radius 1 is 1.16 bits per heavy atom. The molecule has 0 bridgehead atoms. The fourth-order valence-corrected chi connectivity index (χ4v) is 4.87. The maximum atomic E-state index is 12.2. The van der Waals surface area contributed by atoms with Gasteiger partial charge in [0.05, 0.1) is 24.4 Å². The van der Waals surface area contributed by atoms with Crippen LogP contribution in [0.2, 0.25) is 0 Å². The van der Waals surface area contributed by atoms with E-state index in [1.165, 1.54) is 0 Å². The van der Waals surface area contributed by atoms with E-state index < -0.39 is 0 Å². The van der Waals surface area contributed by atoms with Crippen molar-refractivity contribution >= 4 is 23.7 Å². The maximum absolute atomic E-state index is 12.2. The second-order valence-electron chi connectivity index (χ2n) is 8.73. The van der Waals surface area contributed by atoms with E-state index in [2.05, 4.69) is 32.0 Å². The second kappa shape index (κ2) is 8.05. The highest BCUT2D eigenvalue weighted by Crippen LogP contribution is 2.41. The highest BCUT2D eigenvalue weighted by molar-refractivity contribution is 5.76. The molecule has 3 aliphatic rings. The number of urea groups is 1. The van der Waals surface area contributed by atoms with Gasteiger partial charge in [0.25, 0.3) is 0 Å². The van der Waals surface area contributed by atoms with E-state index in [4.69, 9.17) is 20.4 Å². The third-order valence-electron chi connectivity index (χ3n) is 6.66. The van der Waals surface area contributed by atoms with Crippen LogP contribution in [-0.4, -0.2) is 89.4 Å². The van der Waals surface area contributed by atoms with Gasteiger partial charge in [-0.2, -0.15) is 4.98 Å². The van der Waals surface area contributed by atoms with Gasteiger partial charge in [0, 0.05) is 63.3 Å². The zero-order chi connectivity index (χ0) is 22.3. The summed E-state index contributed by atoms with van der Waals surface area (Å²) in [4.78, 5) is 37.0. The number of hydrogen-bond donors (Lipinski definition) is 2. The number of likely N-dealkylation sites (tertiary alicyclic amines) is 1. The number of nitrogen functional groups attached to an aromatic ring is 1. The molecule has 2 fully saturated rings. The lowest BCUT2D eigenvalue weighted by Crippen LogP contribution is -2.49. The minimum Gasteiger partial charge on any atom is -0.378 e. The molecule has 2 saturated heterocycles. The number of nitrogens with zero attached hydrogens (tertiary/aromatic N) is 7. The first kappa shape index (κ1) is 20.7. The van der Waals surface area contributed by atoms with Gasteiger partial charge in [-0.1, -0.05) is 0 Å². The summed E-state index contributed by atoms with van der Waals surface area (Å²) >= 11 is 0. The molecular formula is C21H29N9O2. The summed E-state index contributed by atoms with van der Waals surface area (Å²) in [5.41, 5.74) is 8.30. The van der Waals surface area contributed by atoms with Crippen LogP contribution < -0.4 is 20.9 Å². The van der Waals surface area contributed by atoms with Gasteiger partial charge in [0.2, 0.25) is 11.9 Å². The number of ether oxygens (including phenoxy) is 1. The molecule has 1 atom stereocenters. The van der Waals surface area contributed by atoms with E-state index in [-0.39, 0.29) is 17.5 Å². The van der Waals surface area contributed by atoms with E-state index >= 15 is 0 Å². The van der Waals surface area contributed by atoms with E-state index in [0.29, 0.717) is 25.7 Å². The van der Waals surface area contributed by atoms with Crippen LogP contribution in [0.25, 0.3) is 11.3 Å². The molecule has 0 saturated carbocycles. The van der Waals surface area contributed by atoms with Crippen molar-refractivity contribution in [1.29, 1.82) is 0 Å². The third-order valence-corrected chi connectivity index (χ3v) is 6.66. The molecule has 11 heteroatoms. The number of morpholine rings is 1. The smallest absolute Gasteiger partial charge is 0.317 e. The summed E-state index contributed by atoms with van der Waals surface area (Å²) in [6.45, 7) is 7.24. The molecule has 11 nitrogen and oxygen atoms in total.